The van der Waals surface area contributed by atoms with E-state index in [0.29, 0.717) is 5.69 Å². The van der Waals surface area contributed by atoms with E-state index < -0.39 is 11.9 Å². The fourth-order valence-electron chi connectivity index (χ4n) is 4.76. The summed E-state index contributed by atoms with van der Waals surface area (Å²) in [6, 6.07) is 16.7. The molecular formula is C28H31FN2O2S. The molecular weight excluding hydrogens is 447 g/mol. The Bertz CT molecular complexity index is 1110. The van der Waals surface area contributed by atoms with Gasteiger partial charge in [0, 0.05) is 16.6 Å². The lowest BCUT2D eigenvalue weighted by Gasteiger charge is -2.34. The number of nitrogens with one attached hydrogen (secondary N) is 1. The number of benzene rings is 2. The Morgan fingerprint density at radius 2 is 1.85 bits per heavy atom. The fraction of sp³-hybridized carbons (Fsp3) is 0.357. The van der Waals surface area contributed by atoms with Gasteiger partial charge in [0.25, 0.3) is 0 Å². The van der Waals surface area contributed by atoms with Gasteiger partial charge in [-0.1, -0.05) is 62.6 Å². The van der Waals surface area contributed by atoms with Gasteiger partial charge in [-0.25, -0.2) is 4.39 Å². The summed E-state index contributed by atoms with van der Waals surface area (Å²) in [5, 5.41) is 5.15. The van der Waals surface area contributed by atoms with Gasteiger partial charge in [0.2, 0.25) is 11.8 Å². The molecule has 0 bridgehead atoms. The van der Waals surface area contributed by atoms with Gasteiger partial charge in [0.1, 0.15) is 11.9 Å². The van der Waals surface area contributed by atoms with Crippen LogP contribution >= 0.6 is 11.3 Å². The third kappa shape index (κ3) is 5.73. The Kier molecular flexibility index (Phi) is 8.12. The van der Waals surface area contributed by atoms with Crippen LogP contribution in [0.4, 0.5) is 10.1 Å². The van der Waals surface area contributed by atoms with Gasteiger partial charge in [0.05, 0.1) is 6.42 Å². The summed E-state index contributed by atoms with van der Waals surface area (Å²) in [7, 11) is 0. The molecule has 0 aliphatic heterocycles. The molecule has 2 aromatic carbocycles. The number of amides is 2. The lowest BCUT2D eigenvalue weighted by atomic mass is 9.93. The van der Waals surface area contributed by atoms with Crippen LogP contribution < -0.4 is 10.2 Å². The van der Waals surface area contributed by atoms with E-state index in [1.54, 1.807) is 12.1 Å². The first-order valence-corrected chi connectivity index (χ1v) is 12.9. The smallest absolute Gasteiger partial charge is 0.248 e. The van der Waals surface area contributed by atoms with Crippen LogP contribution in [0.1, 0.15) is 61.1 Å². The zero-order chi connectivity index (χ0) is 23.9. The molecule has 2 amide bonds. The third-order valence-corrected chi connectivity index (χ3v) is 7.33. The van der Waals surface area contributed by atoms with Gasteiger partial charge >= 0.3 is 0 Å². The van der Waals surface area contributed by atoms with Crippen LogP contribution in [0, 0.1) is 5.82 Å². The highest BCUT2D eigenvalue weighted by Crippen LogP contribution is 2.32. The fourth-order valence-corrected chi connectivity index (χ4v) is 5.45. The van der Waals surface area contributed by atoms with Gasteiger partial charge in [-0.05, 0) is 60.0 Å². The monoisotopic (exact) mass is 478 g/mol. The number of hydrogen-bond donors (Lipinski definition) is 1. The molecule has 1 aliphatic rings. The van der Waals surface area contributed by atoms with Crippen molar-refractivity contribution in [2.75, 3.05) is 4.90 Å². The van der Waals surface area contributed by atoms with E-state index >= 15 is 0 Å². The highest BCUT2D eigenvalue weighted by atomic mass is 32.1. The second-order valence-electron chi connectivity index (χ2n) is 8.80. The van der Waals surface area contributed by atoms with E-state index in [1.165, 1.54) is 34.8 Å². The van der Waals surface area contributed by atoms with E-state index in [9.17, 15) is 14.0 Å². The van der Waals surface area contributed by atoms with Gasteiger partial charge in [-0.2, -0.15) is 0 Å². The largest absolute Gasteiger partial charge is 0.351 e. The van der Waals surface area contributed by atoms with Crippen LogP contribution in [-0.2, 0) is 22.4 Å². The van der Waals surface area contributed by atoms with Crippen molar-refractivity contribution in [1.82, 2.24) is 5.32 Å². The first kappa shape index (κ1) is 24.1. The zero-order valence-corrected chi connectivity index (χ0v) is 20.3. The van der Waals surface area contributed by atoms with Crippen molar-refractivity contribution in [1.29, 1.82) is 0 Å². The predicted molar refractivity (Wildman–Crippen MR) is 135 cm³/mol. The molecule has 1 aliphatic carbocycles. The summed E-state index contributed by atoms with van der Waals surface area (Å²) in [6.07, 6.45) is 6.12. The van der Waals surface area contributed by atoms with Crippen molar-refractivity contribution in [3.8, 4) is 0 Å². The average molecular weight is 479 g/mol. The van der Waals surface area contributed by atoms with Crippen molar-refractivity contribution in [3.05, 3.63) is 87.9 Å². The van der Waals surface area contributed by atoms with Gasteiger partial charge in [-0.15, -0.1) is 11.3 Å². The maximum absolute atomic E-state index is 14.3. The van der Waals surface area contributed by atoms with Crippen LogP contribution in [0.3, 0.4) is 0 Å². The molecule has 0 spiro atoms. The molecule has 34 heavy (non-hydrogen) atoms. The van der Waals surface area contributed by atoms with Crippen LogP contribution in [-0.4, -0.2) is 17.9 Å². The van der Waals surface area contributed by atoms with Gasteiger partial charge in [-0.3, -0.25) is 14.5 Å². The SMILES string of the molecule is CCc1ccccc1C(C(=O)NC1CCCCC1)N(C(=O)Cc1cccs1)c1cccc(F)c1. The summed E-state index contributed by atoms with van der Waals surface area (Å²) in [5.74, 6) is -0.888. The third-order valence-electron chi connectivity index (χ3n) is 6.45. The molecule has 1 heterocycles. The summed E-state index contributed by atoms with van der Waals surface area (Å²) in [6.45, 7) is 2.04. The van der Waals surface area contributed by atoms with Crippen molar-refractivity contribution < 1.29 is 14.0 Å². The van der Waals surface area contributed by atoms with E-state index in [1.807, 2.05) is 48.7 Å². The molecule has 6 heteroatoms. The van der Waals surface area contributed by atoms with Crippen LogP contribution in [0.15, 0.2) is 66.0 Å². The number of nitrogens with zero attached hydrogens (tertiary/aromatic N) is 1. The number of carbonyl (C=O) groups is 2. The van der Waals surface area contributed by atoms with E-state index in [4.69, 9.17) is 0 Å². The Morgan fingerprint density at radius 1 is 1.06 bits per heavy atom. The molecule has 1 saturated carbocycles. The average Bonchev–Trinajstić information content (AvgIpc) is 3.36. The quantitative estimate of drug-likeness (QED) is 0.418. The number of hydrogen-bond acceptors (Lipinski definition) is 3. The van der Waals surface area contributed by atoms with E-state index in [2.05, 4.69) is 5.32 Å². The first-order valence-electron chi connectivity index (χ1n) is 12.0. The van der Waals surface area contributed by atoms with Crippen molar-refractivity contribution >= 4 is 28.8 Å². The molecule has 1 unspecified atom stereocenters. The topological polar surface area (TPSA) is 49.4 Å². The standard InChI is InChI=1S/C28H31FN2O2S/c1-2-20-10-6-7-16-25(20)27(28(33)30-22-12-4-3-5-13-22)31(23-14-8-11-21(29)18-23)26(32)19-24-15-9-17-34-24/h6-11,14-18,22,27H,2-5,12-13,19H2,1H3,(H,30,33). The normalized spacial score (nSPS) is 15.0. The molecule has 1 atom stereocenters. The second-order valence-corrected chi connectivity index (χ2v) is 9.83. The lowest BCUT2D eigenvalue weighted by Crippen LogP contribution is -2.48. The second kappa shape index (κ2) is 11.4. The molecule has 1 fully saturated rings. The van der Waals surface area contributed by atoms with Crippen LogP contribution in [0.5, 0.6) is 0 Å². The summed E-state index contributed by atoms with van der Waals surface area (Å²) < 4.78 is 14.3. The Balaban J connectivity index is 1.79. The van der Waals surface area contributed by atoms with E-state index in [0.717, 1.165) is 48.1 Å². The molecule has 178 valence electrons. The Labute approximate surface area is 204 Å². The Morgan fingerprint density at radius 3 is 2.56 bits per heavy atom. The van der Waals surface area contributed by atoms with Gasteiger partial charge in [0.15, 0.2) is 0 Å². The lowest BCUT2D eigenvalue weighted by molar-refractivity contribution is -0.127. The highest BCUT2D eigenvalue weighted by molar-refractivity contribution is 7.10. The molecule has 1 aromatic heterocycles. The molecule has 1 N–H and O–H groups in total. The number of thiophene rings is 1. The minimum Gasteiger partial charge on any atom is -0.351 e. The molecule has 3 aromatic rings. The number of anilines is 1. The maximum Gasteiger partial charge on any atom is 0.248 e. The maximum atomic E-state index is 14.3. The number of rotatable bonds is 8. The Hall–Kier alpha value is -2.99. The van der Waals surface area contributed by atoms with E-state index in [-0.39, 0.29) is 24.3 Å². The molecule has 4 rings (SSSR count). The minimum absolute atomic E-state index is 0.0966. The zero-order valence-electron chi connectivity index (χ0n) is 19.5. The predicted octanol–water partition coefficient (Wildman–Crippen LogP) is 6.22. The first-order chi connectivity index (χ1) is 16.6. The minimum atomic E-state index is -0.882. The molecule has 4 nitrogen and oxygen atoms in total. The highest BCUT2D eigenvalue weighted by Gasteiger charge is 2.35. The number of halogens is 1. The van der Waals surface area contributed by atoms with Crippen molar-refractivity contribution in [2.24, 2.45) is 0 Å². The number of aryl methyl sites for hydroxylation is 1. The number of carbonyl (C=O) groups excluding carboxylic acids is 2. The summed E-state index contributed by atoms with van der Waals surface area (Å²) in [5.41, 5.74) is 2.16. The summed E-state index contributed by atoms with van der Waals surface area (Å²) >= 11 is 1.50. The summed E-state index contributed by atoms with van der Waals surface area (Å²) in [4.78, 5) is 30.1. The van der Waals surface area contributed by atoms with Crippen LogP contribution in [0.25, 0.3) is 0 Å². The van der Waals surface area contributed by atoms with Crippen molar-refractivity contribution in [2.45, 2.75) is 64.0 Å². The molecule has 0 saturated heterocycles. The molecule has 0 radical (unpaired) electrons. The van der Waals surface area contributed by atoms with Crippen molar-refractivity contribution in [3.63, 3.8) is 0 Å². The van der Waals surface area contributed by atoms with Crippen LogP contribution in [0.2, 0.25) is 0 Å². The van der Waals surface area contributed by atoms with Gasteiger partial charge < -0.3 is 5.32 Å².